The van der Waals surface area contributed by atoms with Gasteiger partial charge in [-0.1, -0.05) is 34.6 Å². The van der Waals surface area contributed by atoms with Crippen molar-refractivity contribution in [3.8, 4) is 0 Å². The van der Waals surface area contributed by atoms with Crippen LogP contribution in [0.2, 0.25) is 0 Å². The highest BCUT2D eigenvalue weighted by molar-refractivity contribution is 6.23. The molecule has 9 heteroatoms. The monoisotopic (exact) mass is 435 g/mol. The first kappa shape index (κ1) is 20.3. The zero-order valence-electron chi connectivity index (χ0n) is 17.6. The summed E-state index contributed by atoms with van der Waals surface area (Å²) < 4.78 is 18.7. The summed E-state index contributed by atoms with van der Waals surface area (Å²) in [4.78, 5) is 31.6. The molecule has 2 aromatic carbocycles. The maximum absolute atomic E-state index is 14.0. The maximum atomic E-state index is 14.0. The van der Waals surface area contributed by atoms with Crippen molar-refractivity contribution in [1.29, 1.82) is 0 Å². The van der Waals surface area contributed by atoms with E-state index in [1.54, 1.807) is 31.2 Å². The normalized spacial score (nSPS) is 16.7. The third-order valence-electron chi connectivity index (χ3n) is 6.10. The summed E-state index contributed by atoms with van der Waals surface area (Å²) in [6.07, 6.45) is 0. The highest BCUT2D eigenvalue weighted by Crippen LogP contribution is 2.33. The molecule has 0 N–H and O–H groups in total. The van der Waals surface area contributed by atoms with Crippen LogP contribution in [0.1, 0.15) is 37.7 Å². The lowest BCUT2D eigenvalue weighted by atomic mass is 10.1. The topological polar surface area (TPSA) is 82.8 Å². The van der Waals surface area contributed by atoms with E-state index in [-0.39, 0.29) is 24.2 Å². The molecule has 0 aliphatic carbocycles. The second-order valence-electron chi connectivity index (χ2n) is 8.05. The molecule has 2 aliphatic heterocycles. The average molecular weight is 435 g/mol. The van der Waals surface area contributed by atoms with Gasteiger partial charge in [0.25, 0.3) is 11.8 Å². The van der Waals surface area contributed by atoms with Crippen molar-refractivity contribution in [3.63, 3.8) is 0 Å². The van der Waals surface area contributed by atoms with Crippen LogP contribution in [-0.2, 0) is 13.1 Å². The van der Waals surface area contributed by atoms with Crippen molar-refractivity contribution in [2.75, 3.05) is 31.1 Å². The van der Waals surface area contributed by atoms with Crippen molar-refractivity contribution in [2.24, 2.45) is 0 Å². The molecule has 5 rings (SSSR count). The lowest BCUT2D eigenvalue weighted by molar-refractivity contribution is 0.0639. The molecule has 0 radical (unpaired) electrons. The zero-order valence-corrected chi connectivity index (χ0v) is 17.6. The first-order valence-electron chi connectivity index (χ1n) is 10.5. The van der Waals surface area contributed by atoms with Gasteiger partial charge in [-0.25, -0.2) is 9.02 Å². The molecule has 164 valence electrons. The van der Waals surface area contributed by atoms with Crippen LogP contribution in [0, 0.1) is 12.7 Å². The van der Waals surface area contributed by atoms with Crippen LogP contribution in [0.4, 0.5) is 10.1 Å². The van der Waals surface area contributed by atoms with Crippen LogP contribution in [0.3, 0.4) is 0 Å². The summed E-state index contributed by atoms with van der Waals surface area (Å²) in [6.45, 7) is 5.11. The van der Waals surface area contributed by atoms with E-state index in [1.807, 2.05) is 12.1 Å². The van der Waals surface area contributed by atoms with E-state index in [2.05, 4.69) is 20.1 Å². The molecule has 2 amide bonds. The van der Waals surface area contributed by atoms with Gasteiger partial charge in [0.2, 0.25) is 0 Å². The molecule has 1 saturated heterocycles. The molecule has 3 aromatic rings. The molecule has 1 fully saturated rings. The molecule has 3 heterocycles. The van der Waals surface area contributed by atoms with E-state index in [1.165, 1.54) is 11.0 Å². The standard InChI is InChI=1S/C23H22FN5O3/c1-15-19(26-32-25-15)14-29-22(30)17-6-4-8-20(21(17)23(29)31)28-11-9-27(10-12-28)13-16-5-2-3-7-18(16)24/h2-8H,9-14H2,1H3. The molecule has 0 spiro atoms. The quantitative estimate of drug-likeness (QED) is 0.570. The van der Waals surface area contributed by atoms with Gasteiger partial charge < -0.3 is 4.90 Å². The molecule has 0 unspecified atom stereocenters. The Labute approximate surface area is 184 Å². The fraction of sp³-hybridized carbons (Fsp3) is 0.304. The number of amides is 2. The van der Waals surface area contributed by atoms with Crippen molar-refractivity contribution in [3.05, 3.63) is 76.4 Å². The van der Waals surface area contributed by atoms with E-state index in [4.69, 9.17) is 4.63 Å². The summed E-state index contributed by atoms with van der Waals surface area (Å²) in [5.74, 6) is -0.873. The number of carbonyl (C=O) groups excluding carboxylic acids is 2. The van der Waals surface area contributed by atoms with E-state index in [9.17, 15) is 14.0 Å². The average Bonchev–Trinajstić information content (AvgIpc) is 3.32. The van der Waals surface area contributed by atoms with Crippen molar-refractivity contribution >= 4 is 17.5 Å². The molecule has 1 aromatic heterocycles. The fourth-order valence-electron chi connectivity index (χ4n) is 4.28. The van der Waals surface area contributed by atoms with Gasteiger partial charge >= 0.3 is 0 Å². The van der Waals surface area contributed by atoms with Crippen LogP contribution in [0.25, 0.3) is 0 Å². The number of anilines is 1. The number of fused-ring (bicyclic) bond motifs is 1. The van der Waals surface area contributed by atoms with Crippen molar-refractivity contribution in [2.45, 2.75) is 20.0 Å². The van der Waals surface area contributed by atoms with Gasteiger partial charge in [-0.05, 0) is 25.1 Å². The van der Waals surface area contributed by atoms with Gasteiger partial charge in [0, 0.05) is 38.3 Å². The Morgan fingerprint density at radius 3 is 2.44 bits per heavy atom. The molecular weight excluding hydrogens is 413 g/mol. The number of hydrogen-bond donors (Lipinski definition) is 0. The number of nitrogens with zero attached hydrogens (tertiary/aromatic N) is 5. The minimum atomic E-state index is -0.340. The van der Waals surface area contributed by atoms with Gasteiger partial charge in [-0.15, -0.1) is 0 Å². The maximum Gasteiger partial charge on any atom is 0.264 e. The number of aromatic nitrogens is 2. The van der Waals surface area contributed by atoms with Crippen LogP contribution >= 0.6 is 0 Å². The van der Waals surface area contributed by atoms with Crippen molar-refractivity contribution < 1.29 is 18.6 Å². The van der Waals surface area contributed by atoms with E-state index in [0.29, 0.717) is 47.7 Å². The van der Waals surface area contributed by atoms with Crippen LogP contribution in [-0.4, -0.2) is 58.1 Å². The smallest absolute Gasteiger partial charge is 0.264 e. The Bertz CT molecular complexity index is 1190. The zero-order chi connectivity index (χ0) is 22.2. The summed E-state index contributed by atoms with van der Waals surface area (Å²) >= 11 is 0. The fourth-order valence-corrected chi connectivity index (χ4v) is 4.28. The van der Waals surface area contributed by atoms with Gasteiger partial charge in [0.1, 0.15) is 17.2 Å². The number of benzene rings is 2. The minimum Gasteiger partial charge on any atom is -0.368 e. The third kappa shape index (κ3) is 3.54. The summed E-state index contributed by atoms with van der Waals surface area (Å²) in [5.41, 5.74) is 3.26. The predicted octanol–water partition coefficient (Wildman–Crippen LogP) is 2.64. The van der Waals surface area contributed by atoms with Crippen LogP contribution in [0.15, 0.2) is 47.1 Å². The van der Waals surface area contributed by atoms with Crippen molar-refractivity contribution in [1.82, 2.24) is 20.1 Å². The SMILES string of the molecule is Cc1nonc1CN1C(=O)c2cccc(N3CCN(Cc4ccccc4F)CC3)c2C1=O. The summed E-state index contributed by atoms with van der Waals surface area (Å²) in [6, 6.07) is 12.2. The number of hydrogen-bond acceptors (Lipinski definition) is 7. The van der Waals surface area contributed by atoms with Crippen LogP contribution < -0.4 is 4.90 Å². The number of carbonyl (C=O) groups is 2. The lowest BCUT2D eigenvalue weighted by Crippen LogP contribution is -2.46. The summed E-state index contributed by atoms with van der Waals surface area (Å²) in [7, 11) is 0. The van der Waals surface area contributed by atoms with Crippen LogP contribution in [0.5, 0.6) is 0 Å². The van der Waals surface area contributed by atoms with Gasteiger partial charge in [-0.3, -0.25) is 19.4 Å². The Kier molecular flexibility index (Phi) is 5.18. The predicted molar refractivity (Wildman–Crippen MR) is 114 cm³/mol. The van der Waals surface area contributed by atoms with E-state index < -0.39 is 0 Å². The molecule has 0 saturated carbocycles. The summed E-state index contributed by atoms with van der Waals surface area (Å²) in [5, 5.41) is 7.52. The Balaban J connectivity index is 1.32. The molecule has 0 atom stereocenters. The number of piperazine rings is 1. The highest BCUT2D eigenvalue weighted by atomic mass is 19.1. The molecule has 0 bridgehead atoms. The molecule has 32 heavy (non-hydrogen) atoms. The number of aryl methyl sites for hydroxylation is 1. The number of rotatable bonds is 5. The second kappa shape index (κ2) is 8.16. The first-order chi connectivity index (χ1) is 15.5. The van der Waals surface area contributed by atoms with Gasteiger partial charge in [0.15, 0.2) is 0 Å². The largest absolute Gasteiger partial charge is 0.368 e. The van der Waals surface area contributed by atoms with E-state index in [0.717, 1.165) is 18.8 Å². The Morgan fingerprint density at radius 2 is 1.72 bits per heavy atom. The first-order valence-corrected chi connectivity index (χ1v) is 10.5. The van der Waals surface area contributed by atoms with E-state index >= 15 is 0 Å². The van der Waals surface area contributed by atoms with Gasteiger partial charge in [-0.2, -0.15) is 0 Å². The Hall–Kier alpha value is -3.59. The molecular formula is C23H22FN5O3. The molecule has 2 aliphatic rings. The molecule has 8 nitrogen and oxygen atoms in total. The highest BCUT2D eigenvalue weighted by Gasteiger charge is 2.39. The lowest BCUT2D eigenvalue weighted by Gasteiger charge is -2.36. The minimum absolute atomic E-state index is 0.0253. The third-order valence-corrected chi connectivity index (χ3v) is 6.10. The number of halogens is 1. The number of imide groups is 1. The Morgan fingerprint density at radius 1 is 0.938 bits per heavy atom. The second-order valence-corrected chi connectivity index (χ2v) is 8.05. The van der Waals surface area contributed by atoms with Gasteiger partial charge in [0.05, 0.1) is 23.4 Å².